The maximum atomic E-state index is 12.7. The number of amides is 1. The van der Waals surface area contributed by atoms with E-state index in [4.69, 9.17) is 29.4 Å². The van der Waals surface area contributed by atoms with Gasteiger partial charge in [0, 0.05) is 48.5 Å². The summed E-state index contributed by atoms with van der Waals surface area (Å²) >= 11 is 0. The number of hydrogen-bond donors (Lipinski definition) is 1. The van der Waals surface area contributed by atoms with Crippen LogP contribution in [0, 0.1) is 16.7 Å². The molecule has 0 radical (unpaired) electrons. The number of likely N-dealkylation sites (tertiary alicyclic amines) is 1. The molecule has 5 rings (SSSR count). The number of ether oxygens (including phenoxy) is 7. The van der Waals surface area contributed by atoms with E-state index in [2.05, 4.69) is 16.1 Å². The van der Waals surface area contributed by atoms with E-state index in [1.54, 1.807) is 39.4 Å². The molecule has 1 unspecified atom stereocenters. The SMILES string of the molecule is C.C=C(C(=O)OC)C1(C(=O)OC)CC1.COC(=O)C1CN(Cc2ccc(OC)cc2OC)C(=O)C12CC2.COc1ccc(CN)c(OC)c1. The summed E-state index contributed by atoms with van der Waals surface area (Å²) in [5.74, 6) is 1.38. The number of carbonyl (C=O) groups is 4. The lowest BCUT2D eigenvalue weighted by molar-refractivity contribution is -0.148. The first-order chi connectivity index (χ1) is 22.9. The van der Waals surface area contributed by atoms with Crippen LogP contribution < -0.4 is 24.7 Å². The largest absolute Gasteiger partial charge is 0.497 e. The number of esters is 3. The van der Waals surface area contributed by atoms with Crippen LogP contribution in [0.25, 0.3) is 0 Å². The molecule has 1 atom stereocenters. The molecule has 2 saturated carbocycles. The molecule has 1 spiro atoms. The first kappa shape index (κ1) is 40.4. The Labute approximate surface area is 288 Å². The van der Waals surface area contributed by atoms with Crippen LogP contribution in [0.4, 0.5) is 0 Å². The number of methoxy groups -OCH3 is 7. The highest BCUT2D eigenvalue weighted by Crippen LogP contribution is 2.58. The molecule has 13 nitrogen and oxygen atoms in total. The lowest BCUT2D eigenvalue weighted by Crippen LogP contribution is -2.27. The van der Waals surface area contributed by atoms with Gasteiger partial charge >= 0.3 is 17.9 Å². The van der Waals surface area contributed by atoms with Crippen LogP contribution in [0.2, 0.25) is 0 Å². The van der Waals surface area contributed by atoms with E-state index in [1.807, 2.05) is 30.3 Å². The van der Waals surface area contributed by atoms with Crippen molar-refractivity contribution in [2.75, 3.05) is 56.3 Å². The van der Waals surface area contributed by atoms with Gasteiger partial charge in [-0.05, 0) is 43.9 Å². The fourth-order valence-corrected chi connectivity index (χ4v) is 5.69. The first-order valence-corrected chi connectivity index (χ1v) is 15.3. The monoisotopic (exact) mass is 686 g/mol. The van der Waals surface area contributed by atoms with E-state index in [0.29, 0.717) is 44.0 Å². The minimum Gasteiger partial charge on any atom is -0.497 e. The van der Waals surface area contributed by atoms with Gasteiger partial charge in [-0.2, -0.15) is 0 Å². The van der Waals surface area contributed by atoms with Crippen molar-refractivity contribution in [3.05, 3.63) is 59.7 Å². The predicted molar refractivity (Wildman–Crippen MR) is 181 cm³/mol. The quantitative estimate of drug-likeness (QED) is 0.205. The second-order valence-electron chi connectivity index (χ2n) is 11.5. The molecule has 1 saturated heterocycles. The third-order valence-corrected chi connectivity index (χ3v) is 8.96. The van der Waals surface area contributed by atoms with Crippen LogP contribution in [0.15, 0.2) is 48.6 Å². The zero-order valence-electron chi connectivity index (χ0n) is 28.7. The summed E-state index contributed by atoms with van der Waals surface area (Å²) in [5, 5.41) is 0. The summed E-state index contributed by atoms with van der Waals surface area (Å²) in [4.78, 5) is 48.8. The van der Waals surface area contributed by atoms with Gasteiger partial charge < -0.3 is 43.8 Å². The van der Waals surface area contributed by atoms with Gasteiger partial charge in [-0.25, -0.2) is 4.79 Å². The summed E-state index contributed by atoms with van der Waals surface area (Å²) in [5.41, 5.74) is 6.26. The van der Waals surface area contributed by atoms with E-state index >= 15 is 0 Å². The van der Waals surface area contributed by atoms with Crippen molar-refractivity contribution in [2.45, 2.75) is 46.2 Å². The second-order valence-corrected chi connectivity index (χ2v) is 11.5. The zero-order chi connectivity index (χ0) is 35.6. The molecule has 1 amide bonds. The molecule has 2 N–H and O–H groups in total. The van der Waals surface area contributed by atoms with E-state index in [0.717, 1.165) is 35.5 Å². The van der Waals surface area contributed by atoms with E-state index in [1.165, 1.54) is 21.3 Å². The Bertz CT molecular complexity index is 1500. The van der Waals surface area contributed by atoms with Crippen molar-refractivity contribution in [3.8, 4) is 23.0 Å². The van der Waals surface area contributed by atoms with Crippen LogP contribution in [-0.4, -0.2) is 85.0 Å². The van der Waals surface area contributed by atoms with E-state index in [9.17, 15) is 19.2 Å². The fraction of sp³-hybridized carbons (Fsp3) is 0.500. The standard InChI is InChI=1S/C17H21NO5.C9H13NO2.C9H12O4.CH4/c1-21-12-5-4-11(14(8-12)22-2)9-18-10-13(15(19)23-3)17(6-7-17)16(18)20;1-11-8-4-3-7(6-10)9(5-8)12-2;1-6(7(10)12-2)9(4-5-9)8(11)13-3;/h4-5,8,13H,6-7,9-10H2,1-3H3;3-5H,6,10H2,1-2H3;1,4-5H2,2-3H3;1H4. The Balaban J connectivity index is 0.000000274. The van der Waals surface area contributed by atoms with Crippen molar-refractivity contribution in [3.63, 3.8) is 0 Å². The number of rotatable bonds is 11. The molecule has 270 valence electrons. The Kier molecular flexibility index (Phi) is 14.5. The van der Waals surface area contributed by atoms with Crippen LogP contribution >= 0.6 is 0 Å². The highest BCUT2D eigenvalue weighted by atomic mass is 16.5. The van der Waals surface area contributed by atoms with E-state index < -0.39 is 22.8 Å². The van der Waals surface area contributed by atoms with Gasteiger partial charge in [-0.3, -0.25) is 14.4 Å². The third kappa shape index (κ3) is 8.83. The van der Waals surface area contributed by atoms with E-state index in [-0.39, 0.29) is 30.8 Å². The molecule has 49 heavy (non-hydrogen) atoms. The molecule has 2 aromatic carbocycles. The summed E-state index contributed by atoms with van der Waals surface area (Å²) in [6.45, 7) is 4.85. The Morgan fingerprint density at radius 3 is 1.73 bits per heavy atom. The number of benzene rings is 2. The van der Waals surface area contributed by atoms with Crippen molar-refractivity contribution < 1.29 is 52.3 Å². The molecule has 2 aliphatic carbocycles. The predicted octanol–water partition coefficient (Wildman–Crippen LogP) is 4.08. The number of nitrogens with zero attached hydrogens (tertiary/aromatic N) is 1. The summed E-state index contributed by atoms with van der Waals surface area (Å²) in [6.07, 6.45) is 2.77. The van der Waals surface area contributed by atoms with Crippen molar-refractivity contribution in [1.29, 1.82) is 0 Å². The third-order valence-electron chi connectivity index (χ3n) is 8.96. The van der Waals surface area contributed by atoms with Crippen molar-refractivity contribution in [2.24, 2.45) is 22.5 Å². The molecular weight excluding hydrogens is 636 g/mol. The molecular formula is C36H50N2O11. The molecule has 3 fully saturated rings. The zero-order valence-corrected chi connectivity index (χ0v) is 28.7. The van der Waals surface area contributed by atoms with Gasteiger partial charge in [-0.15, -0.1) is 0 Å². The van der Waals surface area contributed by atoms with Gasteiger partial charge in [0.05, 0.1) is 66.5 Å². The average molecular weight is 687 g/mol. The van der Waals surface area contributed by atoms with Gasteiger partial charge in [0.15, 0.2) is 0 Å². The fourth-order valence-electron chi connectivity index (χ4n) is 5.69. The number of carbonyl (C=O) groups excluding carboxylic acids is 4. The van der Waals surface area contributed by atoms with Gasteiger partial charge in [0.1, 0.15) is 23.0 Å². The van der Waals surface area contributed by atoms with Crippen LogP contribution in [0.5, 0.6) is 23.0 Å². The molecule has 2 aromatic rings. The maximum absolute atomic E-state index is 12.7. The normalized spacial score (nSPS) is 17.0. The highest BCUT2D eigenvalue weighted by molar-refractivity contribution is 5.99. The lowest BCUT2D eigenvalue weighted by atomic mass is 9.92. The second kappa shape index (κ2) is 17.6. The molecule has 13 heteroatoms. The van der Waals surface area contributed by atoms with Gasteiger partial charge in [0.25, 0.3) is 0 Å². The summed E-state index contributed by atoms with van der Waals surface area (Å²) < 4.78 is 34.7. The molecule has 1 aliphatic heterocycles. The summed E-state index contributed by atoms with van der Waals surface area (Å²) in [6, 6.07) is 11.1. The minimum atomic E-state index is -0.790. The Hall–Kier alpha value is -4.78. The lowest BCUT2D eigenvalue weighted by Gasteiger charge is -2.18. The van der Waals surface area contributed by atoms with Crippen molar-refractivity contribution >= 4 is 23.8 Å². The smallest absolute Gasteiger partial charge is 0.334 e. The Morgan fingerprint density at radius 1 is 0.796 bits per heavy atom. The Morgan fingerprint density at radius 2 is 1.33 bits per heavy atom. The molecule has 3 aliphatic rings. The van der Waals surface area contributed by atoms with Crippen LogP contribution in [0.3, 0.4) is 0 Å². The topological polar surface area (TPSA) is 162 Å². The van der Waals surface area contributed by atoms with Crippen molar-refractivity contribution in [1.82, 2.24) is 4.90 Å². The molecule has 1 heterocycles. The first-order valence-electron chi connectivity index (χ1n) is 15.3. The number of hydrogen-bond acceptors (Lipinski definition) is 12. The van der Waals surface area contributed by atoms with Gasteiger partial charge in [-0.1, -0.05) is 20.1 Å². The summed E-state index contributed by atoms with van der Waals surface area (Å²) in [7, 11) is 10.4. The van der Waals surface area contributed by atoms with Crippen LogP contribution in [-0.2, 0) is 46.5 Å². The molecule has 0 bridgehead atoms. The highest BCUT2D eigenvalue weighted by Gasteiger charge is 2.64. The maximum Gasteiger partial charge on any atom is 0.334 e. The minimum absolute atomic E-state index is 0. The van der Waals surface area contributed by atoms with Gasteiger partial charge in [0.2, 0.25) is 5.91 Å². The molecule has 0 aromatic heterocycles. The van der Waals surface area contributed by atoms with Crippen LogP contribution in [0.1, 0.15) is 44.2 Å². The average Bonchev–Trinajstić information content (AvgIpc) is 4.07. The number of nitrogens with two attached hydrogens (primary N) is 1.